The molecule has 5 aromatic carbocycles. The Morgan fingerprint density at radius 2 is 1.46 bits per heavy atom. The number of aliphatic hydroxyl groups excluding tert-OH is 1. The maximum absolute atomic E-state index is 14.0. The van der Waals surface area contributed by atoms with Gasteiger partial charge in [0.2, 0.25) is 15.9 Å². The summed E-state index contributed by atoms with van der Waals surface area (Å²) >= 11 is 1.61. The molecule has 0 bridgehead atoms. The van der Waals surface area contributed by atoms with Crippen LogP contribution in [0.1, 0.15) is 51.7 Å². The highest BCUT2D eigenvalue weighted by molar-refractivity contribution is 7.99. The largest absolute Gasteiger partial charge is 0.392 e. The molecule has 0 saturated carbocycles. The summed E-state index contributed by atoms with van der Waals surface area (Å²) < 4.78 is 43.4. The quantitative estimate of drug-likeness (QED) is 0.0946. The fourth-order valence-corrected chi connectivity index (χ4v) is 8.88. The van der Waals surface area contributed by atoms with Crippen molar-refractivity contribution in [3.05, 3.63) is 191 Å². The number of thioether (sulfide) groups is 1. The Balaban J connectivity index is 1.18. The second-order valence-electron chi connectivity index (χ2n) is 13.7. The lowest BCUT2D eigenvalue weighted by molar-refractivity contribution is -0.255. The third-order valence-electron chi connectivity index (χ3n) is 9.66. The third-order valence-corrected chi connectivity index (χ3v) is 12.2. The minimum Gasteiger partial charge on any atom is -0.392 e. The standard InChI is InChI=1S/C45H43N3O6S2/c1-31-18-24-38(25-19-31)56(51,52)48-39(27-32-11-4-2-5-12-32)44(50)47-37-16-10-15-36(28-37)45-53-40(30-55-41-17-8-9-26-46-41)42(34-13-6-3-7-14-34)43(54-45)35-22-20-33(29-49)21-23-35/h2-26,28,39-40,42-43,45,48-49H,27,29-30H2,1H3,(H,47,50). The minimum absolute atomic E-state index is 0.0683. The lowest BCUT2D eigenvalue weighted by Crippen LogP contribution is -2.45. The Bertz CT molecular complexity index is 2300. The number of anilines is 1. The van der Waals surface area contributed by atoms with Crippen molar-refractivity contribution in [3.63, 3.8) is 0 Å². The van der Waals surface area contributed by atoms with Crippen LogP contribution in [0.25, 0.3) is 0 Å². The number of ether oxygens (including phenoxy) is 2. The summed E-state index contributed by atoms with van der Waals surface area (Å²) in [6, 6.07) is 45.7. The zero-order chi connectivity index (χ0) is 38.9. The number of aliphatic hydroxyl groups is 1. The predicted molar refractivity (Wildman–Crippen MR) is 218 cm³/mol. The number of benzene rings is 5. The number of nitrogens with one attached hydrogen (secondary N) is 2. The molecule has 1 aliphatic rings. The van der Waals surface area contributed by atoms with Crippen molar-refractivity contribution in [1.82, 2.24) is 9.71 Å². The number of rotatable bonds is 14. The summed E-state index contributed by atoms with van der Waals surface area (Å²) in [7, 11) is -4.03. The highest BCUT2D eigenvalue weighted by atomic mass is 32.2. The van der Waals surface area contributed by atoms with E-state index in [4.69, 9.17) is 9.47 Å². The first-order chi connectivity index (χ1) is 27.3. The van der Waals surface area contributed by atoms with E-state index < -0.39 is 34.4 Å². The van der Waals surface area contributed by atoms with E-state index in [0.717, 1.165) is 32.8 Å². The SMILES string of the molecule is Cc1ccc(S(=O)(=O)NC(Cc2ccccc2)C(=O)Nc2cccc(C3OC(CSc4ccccn4)C(c4ccccc4)C(c4ccc(CO)cc4)O3)c2)cc1. The van der Waals surface area contributed by atoms with Crippen LogP contribution >= 0.6 is 11.8 Å². The van der Waals surface area contributed by atoms with Gasteiger partial charge in [-0.1, -0.05) is 121 Å². The number of carbonyl (C=O) groups is 1. The molecule has 11 heteroatoms. The monoisotopic (exact) mass is 785 g/mol. The summed E-state index contributed by atoms with van der Waals surface area (Å²) in [5.74, 6) is -0.116. The molecule has 1 fully saturated rings. The third kappa shape index (κ3) is 9.80. The van der Waals surface area contributed by atoms with Gasteiger partial charge in [-0.3, -0.25) is 4.79 Å². The van der Waals surface area contributed by atoms with E-state index in [9.17, 15) is 18.3 Å². The summed E-state index contributed by atoms with van der Waals surface area (Å²) in [4.78, 5) is 18.6. The van der Waals surface area contributed by atoms with Crippen molar-refractivity contribution >= 4 is 33.4 Å². The number of carbonyl (C=O) groups excluding carboxylic acids is 1. The Kier molecular flexibility index (Phi) is 12.7. The first-order valence-corrected chi connectivity index (χ1v) is 20.9. The Morgan fingerprint density at radius 1 is 0.768 bits per heavy atom. The molecule has 286 valence electrons. The van der Waals surface area contributed by atoms with Crippen LogP contribution in [-0.4, -0.2) is 42.3 Å². The molecule has 1 saturated heterocycles. The van der Waals surface area contributed by atoms with E-state index >= 15 is 0 Å². The Morgan fingerprint density at radius 3 is 2.16 bits per heavy atom. The van der Waals surface area contributed by atoms with E-state index in [1.807, 2.05) is 110 Å². The van der Waals surface area contributed by atoms with Crippen LogP contribution < -0.4 is 10.0 Å². The van der Waals surface area contributed by atoms with Gasteiger partial charge in [0.05, 0.1) is 28.7 Å². The molecule has 1 aromatic heterocycles. The van der Waals surface area contributed by atoms with E-state index in [1.165, 1.54) is 12.1 Å². The second kappa shape index (κ2) is 18.2. The van der Waals surface area contributed by atoms with E-state index in [2.05, 4.69) is 27.2 Å². The predicted octanol–water partition coefficient (Wildman–Crippen LogP) is 8.14. The normalized spacial score (nSPS) is 18.9. The zero-order valence-corrected chi connectivity index (χ0v) is 32.4. The van der Waals surface area contributed by atoms with Crippen LogP contribution in [-0.2, 0) is 37.3 Å². The van der Waals surface area contributed by atoms with Crippen molar-refractivity contribution in [2.45, 2.75) is 60.3 Å². The highest BCUT2D eigenvalue weighted by Gasteiger charge is 2.42. The number of hydrogen-bond donors (Lipinski definition) is 3. The van der Waals surface area contributed by atoms with Crippen LogP contribution in [0.4, 0.5) is 5.69 Å². The smallest absolute Gasteiger partial charge is 0.242 e. The molecule has 5 unspecified atom stereocenters. The molecule has 7 rings (SSSR count). The van der Waals surface area contributed by atoms with Gasteiger partial charge in [-0.2, -0.15) is 4.72 Å². The minimum atomic E-state index is -4.03. The summed E-state index contributed by atoms with van der Waals surface area (Å²) in [6.07, 6.45) is 0.343. The van der Waals surface area contributed by atoms with Gasteiger partial charge < -0.3 is 19.9 Å². The number of pyridine rings is 1. The molecule has 0 aliphatic carbocycles. The summed E-state index contributed by atoms with van der Waals surface area (Å²) in [5, 5.41) is 13.6. The van der Waals surface area contributed by atoms with Gasteiger partial charge in [-0.15, -0.1) is 11.8 Å². The van der Waals surface area contributed by atoms with Gasteiger partial charge in [-0.05, 0) is 72.0 Å². The summed E-state index contributed by atoms with van der Waals surface area (Å²) in [6.45, 7) is 1.81. The fourth-order valence-electron chi connectivity index (χ4n) is 6.75. The molecule has 56 heavy (non-hydrogen) atoms. The molecular weight excluding hydrogens is 743 g/mol. The number of amides is 1. The van der Waals surface area contributed by atoms with Gasteiger partial charge in [-0.25, -0.2) is 13.4 Å². The maximum Gasteiger partial charge on any atom is 0.242 e. The lowest BCUT2D eigenvalue weighted by Gasteiger charge is -2.43. The first kappa shape index (κ1) is 39.1. The van der Waals surface area contributed by atoms with Gasteiger partial charge in [0.25, 0.3) is 0 Å². The van der Waals surface area contributed by atoms with Gasteiger partial charge in [0, 0.05) is 29.1 Å². The Hall–Kier alpha value is -5.14. The number of sulfonamides is 1. The number of aryl methyl sites for hydroxylation is 1. The fraction of sp³-hybridized carbons (Fsp3) is 0.200. The molecule has 5 atom stereocenters. The molecule has 6 aromatic rings. The van der Waals surface area contributed by atoms with Crippen LogP contribution in [0.5, 0.6) is 0 Å². The maximum atomic E-state index is 14.0. The summed E-state index contributed by atoms with van der Waals surface area (Å²) in [5.41, 5.74) is 5.66. The van der Waals surface area contributed by atoms with Crippen LogP contribution in [0.2, 0.25) is 0 Å². The first-order valence-electron chi connectivity index (χ1n) is 18.4. The van der Waals surface area contributed by atoms with E-state index in [1.54, 1.807) is 42.2 Å². The van der Waals surface area contributed by atoms with Crippen LogP contribution in [0, 0.1) is 6.92 Å². The average Bonchev–Trinajstić information content (AvgIpc) is 3.23. The average molecular weight is 786 g/mol. The van der Waals surface area contributed by atoms with Gasteiger partial charge in [0.15, 0.2) is 6.29 Å². The topological polar surface area (TPSA) is 127 Å². The van der Waals surface area contributed by atoms with Gasteiger partial charge in [0.1, 0.15) is 6.04 Å². The number of aromatic nitrogens is 1. The molecule has 0 spiro atoms. The molecule has 1 aliphatic heterocycles. The lowest BCUT2D eigenvalue weighted by atomic mass is 9.84. The number of nitrogens with zero attached hydrogens (tertiary/aromatic N) is 1. The number of hydrogen-bond acceptors (Lipinski definition) is 8. The molecule has 2 heterocycles. The molecule has 1 amide bonds. The van der Waals surface area contributed by atoms with E-state index in [-0.39, 0.29) is 29.9 Å². The highest BCUT2D eigenvalue weighted by Crippen LogP contribution is 2.48. The van der Waals surface area contributed by atoms with Gasteiger partial charge >= 0.3 is 0 Å². The van der Waals surface area contributed by atoms with Crippen molar-refractivity contribution in [3.8, 4) is 0 Å². The van der Waals surface area contributed by atoms with Crippen molar-refractivity contribution < 1.29 is 27.8 Å². The molecular formula is C45H43N3O6S2. The van der Waals surface area contributed by atoms with Crippen molar-refractivity contribution in [1.29, 1.82) is 0 Å². The molecule has 3 N–H and O–H groups in total. The van der Waals surface area contributed by atoms with Crippen LogP contribution in [0.3, 0.4) is 0 Å². The second-order valence-corrected chi connectivity index (χ2v) is 16.4. The Labute approximate surface area is 332 Å². The molecule has 0 radical (unpaired) electrons. The van der Waals surface area contributed by atoms with E-state index in [0.29, 0.717) is 17.0 Å². The zero-order valence-electron chi connectivity index (χ0n) is 30.8. The van der Waals surface area contributed by atoms with Crippen molar-refractivity contribution in [2.75, 3.05) is 11.1 Å². The molecule has 9 nitrogen and oxygen atoms in total. The van der Waals surface area contributed by atoms with Crippen molar-refractivity contribution in [2.24, 2.45) is 0 Å². The van der Waals surface area contributed by atoms with Crippen LogP contribution in [0.15, 0.2) is 168 Å².